The van der Waals surface area contributed by atoms with Gasteiger partial charge in [0, 0.05) is 19.8 Å². The first-order chi connectivity index (χ1) is 10.2. The van der Waals surface area contributed by atoms with Gasteiger partial charge in [0.2, 0.25) is 0 Å². The summed E-state index contributed by atoms with van der Waals surface area (Å²) in [5, 5.41) is 3.41. The Balaban J connectivity index is 2.47. The standard InChI is InChI=1S/C16H26FNO3/c1-4-18-14(7-8-21-10-9-19-2)11-13-5-6-16(20-3)15(17)12-13/h5-6,12,14,18H,4,7-11H2,1-3H3. The third-order valence-corrected chi connectivity index (χ3v) is 3.23. The number of halogens is 1. The second kappa shape index (κ2) is 10.5. The van der Waals surface area contributed by atoms with Crippen LogP contribution in [0.4, 0.5) is 4.39 Å². The molecule has 0 aliphatic carbocycles. The molecule has 1 N–H and O–H groups in total. The number of likely N-dealkylation sites (N-methyl/N-ethyl adjacent to an activating group) is 1. The molecule has 0 aromatic heterocycles. The van der Waals surface area contributed by atoms with Crippen LogP contribution < -0.4 is 10.1 Å². The maximum atomic E-state index is 13.7. The van der Waals surface area contributed by atoms with E-state index in [1.54, 1.807) is 13.2 Å². The molecule has 0 bridgehead atoms. The molecule has 5 heteroatoms. The second-order valence-electron chi connectivity index (χ2n) is 4.82. The molecule has 0 saturated heterocycles. The Morgan fingerprint density at radius 3 is 2.62 bits per heavy atom. The lowest BCUT2D eigenvalue weighted by Crippen LogP contribution is -2.32. The lowest BCUT2D eigenvalue weighted by Gasteiger charge is -2.18. The molecule has 0 amide bonds. The molecule has 21 heavy (non-hydrogen) atoms. The van der Waals surface area contributed by atoms with E-state index in [0.29, 0.717) is 19.8 Å². The Morgan fingerprint density at radius 2 is 2.00 bits per heavy atom. The van der Waals surface area contributed by atoms with Crippen molar-refractivity contribution in [1.29, 1.82) is 0 Å². The van der Waals surface area contributed by atoms with Crippen molar-refractivity contribution in [3.05, 3.63) is 29.6 Å². The van der Waals surface area contributed by atoms with Crippen molar-refractivity contribution in [2.45, 2.75) is 25.8 Å². The van der Waals surface area contributed by atoms with Crippen molar-refractivity contribution in [3.8, 4) is 5.75 Å². The van der Waals surface area contributed by atoms with E-state index in [1.165, 1.54) is 13.2 Å². The van der Waals surface area contributed by atoms with Gasteiger partial charge in [-0.3, -0.25) is 0 Å². The highest BCUT2D eigenvalue weighted by atomic mass is 19.1. The van der Waals surface area contributed by atoms with Crippen LogP contribution in [0.5, 0.6) is 5.75 Å². The summed E-state index contributed by atoms with van der Waals surface area (Å²) in [6.45, 7) is 4.82. The minimum atomic E-state index is -0.318. The van der Waals surface area contributed by atoms with Crippen molar-refractivity contribution in [3.63, 3.8) is 0 Å². The molecule has 4 nitrogen and oxygen atoms in total. The van der Waals surface area contributed by atoms with Crippen LogP contribution in [0.15, 0.2) is 18.2 Å². The predicted octanol–water partition coefficient (Wildman–Crippen LogP) is 2.41. The van der Waals surface area contributed by atoms with Crippen LogP contribution >= 0.6 is 0 Å². The van der Waals surface area contributed by atoms with Crippen LogP contribution in [0.1, 0.15) is 18.9 Å². The lowest BCUT2D eigenvalue weighted by molar-refractivity contribution is 0.0659. The Bertz CT molecular complexity index is 401. The van der Waals surface area contributed by atoms with Crippen LogP contribution in [0.3, 0.4) is 0 Å². The fourth-order valence-electron chi connectivity index (χ4n) is 2.16. The summed E-state index contributed by atoms with van der Waals surface area (Å²) in [4.78, 5) is 0. The summed E-state index contributed by atoms with van der Waals surface area (Å²) in [6, 6.07) is 5.38. The number of methoxy groups -OCH3 is 2. The molecule has 1 unspecified atom stereocenters. The number of hydrogen-bond acceptors (Lipinski definition) is 4. The molecular weight excluding hydrogens is 273 g/mol. The highest BCUT2D eigenvalue weighted by molar-refractivity contribution is 5.29. The van der Waals surface area contributed by atoms with Gasteiger partial charge >= 0.3 is 0 Å². The molecule has 0 spiro atoms. The molecule has 0 saturated carbocycles. The van der Waals surface area contributed by atoms with Crippen molar-refractivity contribution < 1.29 is 18.6 Å². The van der Waals surface area contributed by atoms with Crippen LogP contribution in [-0.2, 0) is 15.9 Å². The van der Waals surface area contributed by atoms with E-state index in [0.717, 1.165) is 24.9 Å². The normalized spacial score (nSPS) is 12.4. The van der Waals surface area contributed by atoms with Crippen molar-refractivity contribution in [2.75, 3.05) is 40.6 Å². The number of rotatable bonds is 11. The van der Waals surface area contributed by atoms with Gasteiger partial charge in [0.25, 0.3) is 0 Å². The summed E-state index contributed by atoms with van der Waals surface area (Å²) in [5.74, 6) is -0.0387. The van der Waals surface area contributed by atoms with Gasteiger partial charge in [-0.05, 0) is 37.1 Å². The van der Waals surface area contributed by atoms with Gasteiger partial charge in [-0.15, -0.1) is 0 Å². The highest BCUT2D eigenvalue weighted by Crippen LogP contribution is 2.19. The number of ether oxygens (including phenoxy) is 3. The molecule has 1 atom stereocenters. The molecule has 0 radical (unpaired) electrons. The summed E-state index contributed by atoms with van der Waals surface area (Å²) >= 11 is 0. The van der Waals surface area contributed by atoms with E-state index in [2.05, 4.69) is 12.2 Å². The van der Waals surface area contributed by atoms with E-state index < -0.39 is 0 Å². The third kappa shape index (κ3) is 6.89. The summed E-state index contributed by atoms with van der Waals surface area (Å²) in [7, 11) is 3.12. The average molecular weight is 299 g/mol. The molecular formula is C16H26FNO3. The van der Waals surface area contributed by atoms with Crippen LogP contribution in [0, 0.1) is 5.82 Å². The van der Waals surface area contributed by atoms with Gasteiger partial charge in [-0.1, -0.05) is 13.0 Å². The minimum absolute atomic E-state index is 0.269. The molecule has 0 heterocycles. The zero-order valence-electron chi connectivity index (χ0n) is 13.2. The molecule has 1 aromatic carbocycles. The van der Waals surface area contributed by atoms with Crippen LogP contribution in [-0.4, -0.2) is 46.6 Å². The zero-order chi connectivity index (χ0) is 15.5. The summed E-state index contributed by atoms with van der Waals surface area (Å²) < 4.78 is 29.0. The lowest BCUT2D eigenvalue weighted by atomic mass is 10.0. The summed E-state index contributed by atoms with van der Waals surface area (Å²) in [5.41, 5.74) is 0.955. The van der Waals surface area contributed by atoms with E-state index >= 15 is 0 Å². The number of hydrogen-bond donors (Lipinski definition) is 1. The minimum Gasteiger partial charge on any atom is -0.494 e. The van der Waals surface area contributed by atoms with E-state index in [-0.39, 0.29) is 17.6 Å². The van der Waals surface area contributed by atoms with Gasteiger partial charge < -0.3 is 19.5 Å². The predicted molar refractivity (Wildman–Crippen MR) is 81.4 cm³/mol. The zero-order valence-corrected chi connectivity index (χ0v) is 13.2. The van der Waals surface area contributed by atoms with Gasteiger partial charge in [0.05, 0.1) is 20.3 Å². The Morgan fingerprint density at radius 1 is 1.19 bits per heavy atom. The van der Waals surface area contributed by atoms with Gasteiger partial charge in [-0.25, -0.2) is 4.39 Å². The van der Waals surface area contributed by atoms with Crippen molar-refractivity contribution in [2.24, 2.45) is 0 Å². The van der Waals surface area contributed by atoms with Gasteiger partial charge in [0.1, 0.15) is 0 Å². The maximum absolute atomic E-state index is 13.7. The molecule has 120 valence electrons. The van der Waals surface area contributed by atoms with E-state index in [9.17, 15) is 4.39 Å². The van der Waals surface area contributed by atoms with Crippen molar-refractivity contribution >= 4 is 0 Å². The molecule has 0 aliphatic rings. The molecule has 0 fully saturated rings. The largest absolute Gasteiger partial charge is 0.494 e. The van der Waals surface area contributed by atoms with Gasteiger partial charge in [0.15, 0.2) is 11.6 Å². The van der Waals surface area contributed by atoms with E-state index in [4.69, 9.17) is 14.2 Å². The highest BCUT2D eigenvalue weighted by Gasteiger charge is 2.10. The molecule has 0 aliphatic heterocycles. The van der Waals surface area contributed by atoms with E-state index in [1.807, 2.05) is 6.07 Å². The fraction of sp³-hybridized carbons (Fsp3) is 0.625. The van der Waals surface area contributed by atoms with Crippen molar-refractivity contribution in [1.82, 2.24) is 5.32 Å². The van der Waals surface area contributed by atoms with Crippen LogP contribution in [0.2, 0.25) is 0 Å². The second-order valence-corrected chi connectivity index (χ2v) is 4.82. The monoisotopic (exact) mass is 299 g/mol. The quantitative estimate of drug-likeness (QED) is 0.637. The Kier molecular flexibility index (Phi) is 8.98. The smallest absolute Gasteiger partial charge is 0.165 e. The first-order valence-corrected chi connectivity index (χ1v) is 7.33. The Labute approximate surface area is 126 Å². The SMILES string of the molecule is CCNC(CCOCCOC)Cc1ccc(OC)c(F)c1. The molecule has 1 aromatic rings. The number of benzene rings is 1. The Hall–Kier alpha value is -1.17. The first kappa shape index (κ1) is 17.9. The fourth-order valence-corrected chi connectivity index (χ4v) is 2.16. The maximum Gasteiger partial charge on any atom is 0.165 e. The van der Waals surface area contributed by atoms with Gasteiger partial charge in [-0.2, -0.15) is 0 Å². The molecule has 1 rings (SSSR count). The van der Waals surface area contributed by atoms with Crippen LogP contribution in [0.25, 0.3) is 0 Å². The topological polar surface area (TPSA) is 39.7 Å². The third-order valence-electron chi connectivity index (χ3n) is 3.23. The number of nitrogens with one attached hydrogen (secondary N) is 1. The average Bonchev–Trinajstić information content (AvgIpc) is 2.47. The first-order valence-electron chi connectivity index (χ1n) is 7.33. The summed E-state index contributed by atoms with van der Waals surface area (Å²) in [6.07, 6.45) is 1.65.